The van der Waals surface area contributed by atoms with E-state index in [1.807, 2.05) is 0 Å². The molecule has 2 fully saturated rings. The maximum Gasteiger partial charge on any atom is 0.322 e. The Kier molecular flexibility index (Phi) is 3.58. The first-order valence-electron chi connectivity index (χ1n) is 7.90. The molecule has 0 saturated carbocycles. The number of hydrogen-bond donors (Lipinski definition) is 1. The normalized spacial score (nSPS) is 19.3. The van der Waals surface area contributed by atoms with Gasteiger partial charge in [0.2, 0.25) is 10.0 Å². The van der Waals surface area contributed by atoms with Gasteiger partial charge in [-0.05, 0) is 13.8 Å². The summed E-state index contributed by atoms with van der Waals surface area (Å²) >= 11 is 0. The molecule has 2 aliphatic rings. The molecule has 10 nitrogen and oxygen atoms in total. The Morgan fingerprint density at radius 3 is 2.68 bits per heavy atom. The van der Waals surface area contributed by atoms with Crippen molar-refractivity contribution in [2.24, 2.45) is 0 Å². The van der Waals surface area contributed by atoms with Crippen molar-refractivity contribution in [1.29, 1.82) is 0 Å². The van der Waals surface area contributed by atoms with E-state index < -0.39 is 10.0 Å². The maximum atomic E-state index is 12.7. The lowest BCUT2D eigenvalue weighted by molar-refractivity contribution is 0.191. The van der Waals surface area contributed by atoms with E-state index in [1.54, 1.807) is 35.8 Å². The number of nitrogens with zero attached hydrogens (tertiary/aromatic N) is 5. The second-order valence-electron chi connectivity index (χ2n) is 6.19. The number of sulfonamides is 1. The Morgan fingerprint density at radius 1 is 1.32 bits per heavy atom. The van der Waals surface area contributed by atoms with Crippen LogP contribution in [0.15, 0.2) is 21.8 Å². The smallest absolute Gasteiger partial charge is 0.322 e. The number of aromatic nitrogens is 3. The summed E-state index contributed by atoms with van der Waals surface area (Å²) in [7, 11) is -3.62. The molecule has 1 N–H and O–H groups in total. The van der Waals surface area contributed by atoms with Crippen LogP contribution in [0.5, 0.6) is 0 Å². The Bertz CT molecular complexity index is 908. The Hall–Kier alpha value is -2.40. The second kappa shape index (κ2) is 5.56. The van der Waals surface area contributed by atoms with Crippen molar-refractivity contribution >= 4 is 21.7 Å². The summed E-state index contributed by atoms with van der Waals surface area (Å²) in [4.78, 5) is 13.4. The van der Waals surface area contributed by atoms with Crippen LogP contribution >= 0.6 is 0 Å². The average Bonchev–Trinajstić information content (AvgIpc) is 3.18. The Balaban J connectivity index is 1.47. The van der Waals surface area contributed by atoms with Gasteiger partial charge in [0.05, 0.1) is 17.9 Å². The minimum Gasteiger partial charge on any atom is -0.360 e. The molecule has 0 bridgehead atoms. The molecule has 2 amide bonds. The molecule has 0 atom stereocenters. The Labute approximate surface area is 144 Å². The first-order valence-corrected chi connectivity index (χ1v) is 9.34. The number of amides is 2. The minimum absolute atomic E-state index is 0.0605. The van der Waals surface area contributed by atoms with Crippen molar-refractivity contribution in [3.63, 3.8) is 0 Å². The number of aryl methyl sites for hydroxylation is 2. The van der Waals surface area contributed by atoms with Crippen LogP contribution in [0, 0.1) is 13.8 Å². The number of hydrogen-bond acceptors (Lipinski definition) is 6. The molecule has 2 aromatic rings. The molecule has 25 heavy (non-hydrogen) atoms. The van der Waals surface area contributed by atoms with Crippen LogP contribution < -0.4 is 10.2 Å². The van der Waals surface area contributed by atoms with E-state index >= 15 is 0 Å². The first-order chi connectivity index (χ1) is 11.9. The lowest BCUT2D eigenvalue weighted by atomic mass is 10.2. The maximum absolute atomic E-state index is 12.7. The van der Waals surface area contributed by atoms with E-state index in [-0.39, 0.29) is 17.0 Å². The van der Waals surface area contributed by atoms with E-state index in [4.69, 9.17) is 4.52 Å². The lowest BCUT2D eigenvalue weighted by Gasteiger charge is -2.37. The quantitative estimate of drug-likeness (QED) is 0.830. The summed E-state index contributed by atoms with van der Waals surface area (Å²) in [5.74, 6) is 0.294. The zero-order valence-corrected chi connectivity index (χ0v) is 14.7. The summed E-state index contributed by atoms with van der Waals surface area (Å²) in [5, 5.41) is 10.7. The largest absolute Gasteiger partial charge is 0.360 e. The molecule has 0 aromatic carbocycles. The fourth-order valence-corrected chi connectivity index (χ4v) is 4.94. The van der Waals surface area contributed by atoms with Gasteiger partial charge in [0.15, 0.2) is 5.76 Å². The summed E-state index contributed by atoms with van der Waals surface area (Å²) in [6, 6.07) is -0.203. The predicted molar refractivity (Wildman–Crippen MR) is 86.7 cm³/mol. The minimum atomic E-state index is -3.62. The highest BCUT2D eigenvalue weighted by Gasteiger charge is 2.41. The zero-order chi connectivity index (χ0) is 17.8. The molecule has 4 heterocycles. The van der Waals surface area contributed by atoms with Crippen molar-refractivity contribution in [3.05, 3.63) is 23.8 Å². The molecular weight excluding hydrogens is 348 g/mol. The van der Waals surface area contributed by atoms with Crippen LogP contribution in [-0.4, -0.2) is 59.9 Å². The van der Waals surface area contributed by atoms with Crippen molar-refractivity contribution < 1.29 is 17.7 Å². The van der Waals surface area contributed by atoms with Crippen LogP contribution in [0.2, 0.25) is 0 Å². The van der Waals surface area contributed by atoms with Crippen molar-refractivity contribution in [3.8, 4) is 0 Å². The van der Waals surface area contributed by atoms with Crippen LogP contribution in [0.4, 0.5) is 10.5 Å². The molecule has 2 aromatic heterocycles. The van der Waals surface area contributed by atoms with E-state index in [0.717, 1.165) is 0 Å². The van der Waals surface area contributed by atoms with E-state index in [1.165, 1.54) is 4.31 Å². The van der Waals surface area contributed by atoms with Crippen LogP contribution in [0.1, 0.15) is 17.5 Å². The molecule has 134 valence electrons. The van der Waals surface area contributed by atoms with E-state index in [0.29, 0.717) is 43.3 Å². The van der Waals surface area contributed by atoms with Gasteiger partial charge in [0, 0.05) is 32.4 Å². The third kappa shape index (κ3) is 2.50. The molecule has 2 aliphatic heterocycles. The highest BCUT2D eigenvalue weighted by atomic mass is 32.2. The molecule has 4 rings (SSSR count). The van der Waals surface area contributed by atoms with Gasteiger partial charge in [-0.3, -0.25) is 9.58 Å². The summed E-state index contributed by atoms with van der Waals surface area (Å²) in [6.45, 7) is 5.05. The van der Waals surface area contributed by atoms with Crippen molar-refractivity contribution in [1.82, 2.24) is 24.6 Å². The summed E-state index contributed by atoms with van der Waals surface area (Å²) in [5.41, 5.74) is 1.07. The SMILES string of the molecule is Cc1noc(C)c1S(=O)(=O)N1CC(n2cc(N3CCNC3=O)cn2)C1. The number of urea groups is 1. The number of anilines is 1. The lowest BCUT2D eigenvalue weighted by Crippen LogP contribution is -2.50. The first kappa shape index (κ1) is 16.1. The van der Waals surface area contributed by atoms with Gasteiger partial charge in [-0.25, -0.2) is 13.2 Å². The molecule has 0 radical (unpaired) electrons. The molecule has 0 aliphatic carbocycles. The highest BCUT2D eigenvalue weighted by Crippen LogP contribution is 2.31. The van der Waals surface area contributed by atoms with Gasteiger partial charge >= 0.3 is 6.03 Å². The number of rotatable bonds is 4. The predicted octanol–water partition coefficient (Wildman–Crippen LogP) is 0.263. The third-order valence-electron chi connectivity index (χ3n) is 4.52. The van der Waals surface area contributed by atoms with Crippen molar-refractivity contribution in [2.75, 3.05) is 31.1 Å². The van der Waals surface area contributed by atoms with Gasteiger partial charge in [0.25, 0.3) is 0 Å². The number of carbonyl (C=O) groups excluding carboxylic acids is 1. The summed E-state index contributed by atoms with van der Waals surface area (Å²) in [6.07, 6.45) is 3.39. The number of nitrogens with one attached hydrogen (secondary N) is 1. The standard InChI is InChI=1S/C14H18N6O4S/c1-9-13(10(2)24-17-9)25(22,23)18-6-12(7-18)20-8-11(5-16-20)19-4-3-15-14(19)21/h5,8,12H,3-4,6-7H2,1-2H3,(H,15,21). The zero-order valence-electron chi connectivity index (χ0n) is 13.8. The monoisotopic (exact) mass is 366 g/mol. The number of carbonyl (C=O) groups is 1. The topological polar surface area (TPSA) is 114 Å². The average molecular weight is 366 g/mol. The highest BCUT2D eigenvalue weighted by molar-refractivity contribution is 7.89. The van der Waals surface area contributed by atoms with Gasteiger partial charge in [-0.1, -0.05) is 5.16 Å². The Morgan fingerprint density at radius 2 is 2.08 bits per heavy atom. The molecule has 0 unspecified atom stereocenters. The fourth-order valence-electron chi connectivity index (χ4n) is 3.14. The van der Waals surface area contributed by atoms with Gasteiger partial charge in [-0.15, -0.1) is 0 Å². The van der Waals surface area contributed by atoms with Crippen LogP contribution in [-0.2, 0) is 10.0 Å². The van der Waals surface area contributed by atoms with Gasteiger partial charge in [0.1, 0.15) is 10.6 Å². The van der Waals surface area contributed by atoms with Gasteiger partial charge < -0.3 is 9.84 Å². The molecular formula is C14H18N6O4S. The molecule has 0 spiro atoms. The van der Waals surface area contributed by atoms with Crippen LogP contribution in [0.3, 0.4) is 0 Å². The molecule has 2 saturated heterocycles. The van der Waals surface area contributed by atoms with Crippen LogP contribution in [0.25, 0.3) is 0 Å². The van der Waals surface area contributed by atoms with E-state index in [2.05, 4.69) is 15.6 Å². The van der Waals surface area contributed by atoms with E-state index in [9.17, 15) is 13.2 Å². The second-order valence-corrected chi connectivity index (χ2v) is 8.07. The molecule has 11 heteroatoms. The third-order valence-corrected chi connectivity index (χ3v) is 6.60. The fraction of sp³-hybridized carbons (Fsp3) is 0.500. The summed E-state index contributed by atoms with van der Waals surface area (Å²) < 4.78 is 33.4. The van der Waals surface area contributed by atoms with Gasteiger partial charge in [-0.2, -0.15) is 9.40 Å². The van der Waals surface area contributed by atoms with Crippen molar-refractivity contribution in [2.45, 2.75) is 24.8 Å².